The molecule has 30 heavy (non-hydrogen) atoms. The van der Waals surface area contributed by atoms with Crippen LogP contribution in [0.4, 0.5) is 4.79 Å². The lowest BCUT2D eigenvalue weighted by Crippen LogP contribution is -2.51. The second-order valence-corrected chi connectivity index (χ2v) is 9.38. The van der Waals surface area contributed by atoms with Gasteiger partial charge in [0.2, 0.25) is 5.91 Å². The number of nitrogens with one attached hydrogen (secondary N) is 3. The van der Waals surface area contributed by atoms with Crippen LogP contribution >= 0.6 is 11.3 Å². The second-order valence-electron chi connectivity index (χ2n) is 8.30. The maximum Gasteiger partial charge on any atom is 0.344 e. The molecule has 1 saturated carbocycles. The van der Waals surface area contributed by atoms with E-state index >= 15 is 0 Å². The van der Waals surface area contributed by atoms with Crippen molar-refractivity contribution in [1.82, 2.24) is 25.7 Å². The van der Waals surface area contributed by atoms with Gasteiger partial charge in [-0.05, 0) is 37.7 Å². The predicted molar refractivity (Wildman–Crippen MR) is 110 cm³/mol. The predicted octanol–water partition coefficient (Wildman–Crippen LogP) is 1.69. The monoisotopic (exact) mass is 429 g/mol. The third-order valence-corrected chi connectivity index (χ3v) is 7.50. The molecule has 3 N–H and O–H groups in total. The molecule has 2 aromatic rings. The van der Waals surface area contributed by atoms with Gasteiger partial charge in [0.1, 0.15) is 16.2 Å². The summed E-state index contributed by atoms with van der Waals surface area (Å²) in [6.45, 7) is 0. The summed E-state index contributed by atoms with van der Waals surface area (Å²) in [5.41, 5.74) is 2.49. The summed E-state index contributed by atoms with van der Waals surface area (Å²) in [6.07, 6.45) is 7.18. The lowest BCUT2D eigenvalue weighted by Gasteiger charge is -2.30. The van der Waals surface area contributed by atoms with Crippen molar-refractivity contribution in [3.8, 4) is 0 Å². The first-order valence-corrected chi connectivity index (χ1v) is 11.3. The Bertz CT molecular complexity index is 1110. The van der Waals surface area contributed by atoms with E-state index in [9.17, 15) is 19.2 Å². The Labute approximate surface area is 176 Å². The number of imide groups is 1. The molecule has 4 amide bonds. The molecule has 0 radical (unpaired) electrons. The molecule has 2 fully saturated rings. The molecule has 3 aliphatic rings. The van der Waals surface area contributed by atoms with Gasteiger partial charge >= 0.3 is 6.03 Å². The number of carbonyl (C=O) groups excluding carboxylic acids is 3. The number of amides is 4. The van der Waals surface area contributed by atoms with Gasteiger partial charge in [0.15, 0.2) is 0 Å². The quantitative estimate of drug-likeness (QED) is 0.638. The molecule has 0 aromatic carbocycles. The van der Waals surface area contributed by atoms with Gasteiger partial charge in [0.25, 0.3) is 11.5 Å². The van der Waals surface area contributed by atoms with E-state index in [0.29, 0.717) is 28.9 Å². The highest BCUT2D eigenvalue weighted by Crippen LogP contribution is 2.35. The van der Waals surface area contributed by atoms with E-state index in [4.69, 9.17) is 0 Å². The Morgan fingerprint density at radius 2 is 1.93 bits per heavy atom. The fraction of sp³-hybridized carbons (Fsp3) is 0.550. The fourth-order valence-electron chi connectivity index (χ4n) is 4.79. The van der Waals surface area contributed by atoms with E-state index in [1.54, 1.807) is 11.3 Å². The summed E-state index contributed by atoms with van der Waals surface area (Å²) in [4.78, 5) is 59.1. The number of aryl methyl sites for hydroxylation is 3. The SMILES string of the molecule is O=C(CCc1nc2sc3c(c2c(=O)[nH]1)CCC3)NN1C(=O)NC2(CCCCC2)C1=O. The normalized spacial score (nSPS) is 20.1. The number of aromatic nitrogens is 2. The van der Waals surface area contributed by atoms with Crippen LogP contribution in [0.3, 0.4) is 0 Å². The minimum Gasteiger partial charge on any atom is -0.322 e. The topological polar surface area (TPSA) is 124 Å². The summed E-state index contributed by atoms with van der Waals surface area (Å²) in [5, 5.41) is 4.24. The molecule has 10 heteroatoms. The van der Waals surface area contributed by atoms with Crippen molar-refractivity contribution < 1.29 is 14.4 Å². The van der Waals surface area contributed by atoms with Crippen LogP contribution in [0.2, 0.25) is 0 Å². The second kappa shape index (κ2) is 7.19. The molecule has 9 nitrogen and oxygen atoms in total. The molecular weight excluding hydrogens is 406 g/mol. The molecule has 158 valence electrons. The minimum absolute atomic E-state index is 0.00357. The maximum atomic E-state index is 12.7. The zero-order chi connectivity index (χ0) is 20.9. The number of hydrogen-bond donors (Lipinski definition) is 3. The molecule has 5 rings (SSSR count). The number of hydrazine groups is 1. The van der Waals surface area contributed by atoms with E-state index in [1.165, 1.54) is 4.88 Å². The van der Waals surface area contributed by atoms with Gasteiger partial charge in [0, 0.05) is 17.7 Å². The highest BCUT2D eigenvalue weighted by atomic mass is 32.1. The number of H-pyrrole nitrogens is 1. The van der Waals surface area contributed by atoms with Gasteiger partial charge in [-0.3, -0.25) is 19.8 Å². The fourth-order valence-corrected chi connectivity index (χ4v) is 6.07. The van der Waals surface area contributed by atoms with E-state index in [2.05, 4.69) is 20.7 Å². The van der Waals surface area contributed by atoms with Gasteiger partial charge in [-0.25, -0.2) is 9.78 Å². The minimum atomic E-state index is -0.875. The lowest BCUT2D eigenvalue weighted by atomic mass is 9.82. The first-order chi connectivity index (χ1) is 14.5. The first kappa shape index (κ1) is 19.2. The molecule has 3 heterocycles. The highest BCUT2D eigenvalue weighted by Gasteiger charge is 2.52. The van der Waals surface area contributed by atoms with E-state index in [0.717, 1.165) is 49.1 Å². The van der Waals surface area contributed by atoms with Crippen LogP contribution in [0.1, 0.15) is 61.2 Å². The first-order valence-electron chi connectivity index (χ1n) is 10.5. The number of aromatic amines is 1. The number of urea groups is 1. The summed E-state index contributed by atoms with van der Waals surface area (Å²) in [6, 6.07) is -0.587. The average Bonchev–Trinajstić information content (AvgIpc) is 3.36. The van der Waals surface area contributed by atoms with E-state index in [1.807, 2.05) is 0 Å². The van der Waals surface area contributed by atoms with Gasteiger partial charge < -0.3 is 10.3 Å². The third-order valence-electron chi connectivity index (χ3n) is 6.32. The van der Waals surface area contributed by atoms with Crippen LogP contribution < -0.4 is 16.3 Å². The zero-order valence-electron chi connectivity index (χ0n) is 16.5. The standard InChI is InChI=1S/C20H23N5O4S/c26-14(24-25-18(28)20(23-19(25)29)9-2-1-3-10-20)8-7-13-21-16(27)15-11-5-4-6-12(11)30-17(15)22-13/h1-10H2,(H,23,29)(H,24,26)(H,21,22,27). The Balaban J connectivity index is 1.25. The summed E-state index contributed by atoms with van der Waals surface area (Å²) >= 11 is 1.55. The van der Waals surface area contributed by atoms with Crippen LogP contribution in [0.25, 0.3) is 10.2 Å². The van der Waals surface area contributed by atoms with Crippen LogP contribution in [-0.2, 0) is 28.9 Å². The molecule has 0 bridgehead atoms. The number of carbonyl (C=O) groups is 3. The molecular formula is C20H23N5O4S. The summed E-state index contributed by atoms with van der Waals surface area (Å²) in [7, 11) is 0. The molecule has 0 unspecified atom stereocenters. The van der Waals surface area contributed by atoms with Crippen molar-refractivity contribution in [3.05, 3.63) is 26.6 Å². The van der Waals surface area contributed by atoms with Crippen LogP contribution in [0.5, 0.6) is 0 Å². The Morgan fingerprint density at radius 1 is 1.13 bits per heavy atom. The number of fused-ring (bicyclic) bond motifs is 3. The van der Waals surface area contributed by atoms with Gasteiger partial charge in [-0.2, -0.15) is 5.01 Å². The Kier molecular flexibility index (Phi) is 4.61. The van der Waals surface area contributed by atoms with Crippen molar-refractivity contribution >= 4 is 39.4 Å². The molecule has 1 saturated heterocycles. The number of rotatable bonds is 4. The van der Waals surface area contributed by atoms with Gasteiger partial charge in [-0.1, -0.05) is 19.3 Å². The largest absolute Gasteiger partial charge is 0.344 e. The molecule has 1 spiro atoms. The molecule has 0 atom stereocenters. The van der Waals surface area contributed by atoms with Crippen molar-refractivity contribution in [2.24, 2.45) is 0 Å². The van der Waals surface area contributed by atoms with Crippen LogP contribution in [0.15, 0.2) is 4.79 Å². The van der Waals surface area contributed by atoms with E-state index in [-0.39, 0.29) is 24.3 Å². The summed E-state index contributed by atoms with van der Waals surface area (Å²) < 4.78 is 0. The van der Waals surface area contributed by atoms with Crippen LogP contribution in [0, 0.1) is 0 Å². The number of hydrogen-bond acceptors (Lipinski definition) is 6. The zero-order valence-corrected chi connectivity index (χ0v) is 17.3. The van der Waals surface area contributed by atoms with Crippen molar-refractivity contribution in [2.75, 3.05) is 0 Å². The van der Waals surface area contributed by atoms with Gasteiger partial charge in [0.05, 0.1) is 5.39 Å². The smallest absolute Gasteiger partial charge is 0.322 e. The van der Waals surface area contributed by atoms with Crippen LogP contribution in [-0.4, -0.2) is 38.4 Å². The van der Waals surface area contributed by atoms with E-state index < -0.39 is 17.5 Å². The molecule has 1 aliphatic heterocycles. The number of nitrogens with zero attached hydrogens (tertiary/aromatic N) is 2. The summed E-state index contributed by atoms with van der Waals surface area (Å²) in [5.74, 6) is -0.423. The Morgan fingerprint density at radius 3 is 2.73 bits per heavy atom. The number of thiophene rings is 1. The molecule has 2 aromatic heterocycles. The maximum absolute atomic E-state index is 12.7. The lowest BCUT2D eigenvalue weighted by molar-refractivity contribution is -0.139. The average molecular weight is 430 g/mol. The Hall–Kier alpha value is -2.75. The van der Waals surface area contributed by atoms with Crippen molar-refractivity contribution in [3.63, 3.8) is 0 Å². The van der Waals surface area contributed by atoms with Crippen molar-refractivity contribution in [1.29, 1.82) is 0 Å². The molecule has 2 aliphatic carbocycles. The van der Waals surface area contributed by atoms with Gasteiger partial charge in [-0.15, -0.1) is 11.3 Å². The third kappa shape index (κ3) is 3.10. The van der Waals surface area contributed by atoms with Crippen molar-refractivity contribution in [2.45, 2.75) is 69.7 Å². The highest BCUT2D eigenvalue weighted by molar-refractivity contribution is 7.18.